The molecule has 1 heterocycles. The molecule has 0 saturated carbocycles. The number of hydrogen-bond acceptors (Lipinski definition) is 5. The first-order valence-corrected chi connectivity index (χ1v) is 7.66. The van der Waals surface area contributed by atoms with Crippen molar-refractivity contribution >= 4 is 33.8 Å². The quantitative estimate of drug-likeness (QED) is 0.653. The van der Waals surface area contributed by atoms with Gasteiger partial charge in [-0.25, -0.2) is 9.78 Å². The zero-order valence-electron chi connectivity index (χ0n) is 12.2. The van der Waals surface area contributed by atoms with Crippen LogP contribution < -0.4 is 0 Å². The molecule has 0 unspecified atom stereocenters. The number of aromatic nitrogens is 1. The van der Waals surface area contributed by atoms with Gasteiger partial charge in [-0.3, -0.25) is 4.99 Å². The highest BCUT2D eigenvalue weighted by Gasteiger charge is 2.13. The van der Waals surface area contributed by atoms with Crippen molar-refractivity contribution in [2.45, 2.75) is 0 Å². The highest BCUT2D eigenvalue weighted by Crippen LogP contribution is 2.27. The van der Waals surface area contributed by atoms with Crippen LogP contribution in [-0.2, 0) is 0 Å². The Labute approximate surface area is 145 Å². The molecule has 0 bridgehead atoms. The number of aliphatic imine (C=N–C) groups is 1. The van der Waals surface area contributed by atoms with Crippen LogP contribution >= 0.6 is 15.9 Å². The average Bonchev–Trinajstić information content (AvgIpc) is 2.95. The molecule has 7 heteroatoms. The molecule has 3 rings (SSSR count). The Hall–Kier alpha value is -2.93. The molecule has 0 spiro atoms. The molecular weight excluding hydrogens is 376 g/mol. The number of oxazole rings is 1. The number of carboxylic acids is 1. The van der Waals surface area contributed by atoms with Crippen molar-refractivity contribution in [3.05, 3.63) is 64.3 Å². The van der Waals surface area contributed by atoms with Crippen molar-refractivity contribution < 1.29 is 19.4 Å². The third-order valence-electron chi connectivity index (χ3n) is 3.17. The van der Waals surface area contributed by atoms with Gasteiger partial charge in [0.2, 0.25) is 5.89 Å². The Morgan fingerprint density at radius 2 is 1.96 bits per heavy atom. The second-order valence-electron chi connectivity index (χ2n) is 4.80. The van der Waals surface area contributed by atoms with Gasteiger partial charge in [-0.15, -0.1) is 0 Å². The number of nitrogens with zero attached hydrogens (tertiary/aromatic N) is 2. The maximum Gasteiger partial charge on any atom is 0.337 e. The summed E-state index contributed by atoms with van der Waals surface area (Å²) < 4.78 is 5.85. The highest BCUT2D eigenvalue weighted by molar-refractivity contribution is 9.10. The molecule has 2 aromatic carbocycles. The number of halogens is 1. The molecule has 0 saturated heterocycles. The van der Waals surface area contributed by atoms with Gasteiger partial charge >= 0.3 is 11.9 Å². The molecule has 0 fully saturated rings. The fraction of sp³-hybridized carbons (Fsp3) is 0. The predicted octanol–water partition coefficient (Wildman–Crippen LogP) is 4.26. The van der Waals surface area contributed by atoms with E-state index in [0.717, 1.165) is 0 Å². The zero-order chi connectivity index (χ0) is 17.1. The number of aromatic hydroxyl groups is 1. The van der Waals surface area contributed by atoms with Gasteiger partial charge in [0.05, 0.1) is 17.5 Å². The minimum absolute atomic E-state index is 0.0342. The summed E-state index contributed by atoms with van der Waals surface area (Å²) in [5, 5.41) is 19.1. The normalized spacial score (nSPS) is 11.0. The lowest BCUT2D eigenvalue weighted by molar-refractivity contribution is 0.0697. The molecule has 0 amide bonds. The molecular formula is C17H11BrN2O4. The molecule has 2 N–H and O–H groups in total. The van der Waals surface area contributed by atoms with E-state index in [-0.39, 0.29) is 28.8 Å². The Balaban J connectivity index is 1.94. The summed E-state index contributed by atoms with van der Waals surface area (Å²) >= 11 is 3.22. The van der Waals surface area contributed by atoms with Crippen molar-refractivity contribution in [2.24, 2.45) is 4.99 Å². The zero-order valence-corrected chi connectivity index (χ0v) is 13.8. The van der Waals surface area contributed by atoms with E-state index < -0.39 is 5.97 Å². The number of benzene rings is 2. The summed E-state index contributed by atoms with van der Waals surface area (Å²) in [6.07, 6.45) is 1.26. The van der Waals surface area contributed by atoms with Crippen molar-refractivity contribution in [3.63, 3.8) is 0 Å². The lowest BCUT2D eigenvalue weighted by atomic mass is 10.2. The molecule has 6 nitrogen and oxygen atoms in total. The molecule has 0 radical (unpaired) electrons. The maximum atomic E-state index is 11.3. The number of carbonyl (C=O) groups is 1. The van der Waals surface area contributed by atoms with Gasteiger partial charge in [0, 0.05) is 10.0 Å². The van der Waals surface area contributed by atoms with Gasteiger partial charge in [0.25, 0.3) is 0 Å². The van der Waals surface area contributed by atoms with E-state index in [9.17, 15) is 15.0 Å². The Bertz CT molecular complexity index is 920. The Kier molecular flexibility index (Phi) is 4.43. The maximum absolute atomic E-state index is 11.3. The third-order valence-corrected chi connectivity index (χ3v) is 3.66. The number of carboxylic acid groups (broad SMARTS) is 1. The molecule has 1 aromatic heterocycles. The molecule has 0 atom stereocenters. The summed E-state index contributed by atoms with van der Waals surface area (Å²) in [6, 6.07) is 13.8. The number of hydrogen-bond donors (Lipinski definition) is 2. The fourth-order valence-electron chi connectivity index (χ4n) is 2.04. The SMILES string of the molecule is O=C(O)c1cc(Br)ccc1N=Cc1nc(-c2ccccc2)oc1O. The summed E-state index contributed by atoms with van der Waals surface area (Å²) in [7, 11) is 0. The summed E-state index contributed by atoms with van der Waals surface area (Å²) in [5.74, 6) is -1.23. The van der Waals surface area contributed by atoms with E-state index in [1.807, 2.05) is 18.2 Å². The van der Waals surface area contributed by atoms with Gasteiger partial charge in [-0.2, -0.15) is 0 Å². The molecule has 0 aliphatic heterocycles. The lowest BCUT2D eigenvalue weighted by Crippen LogP contribution is -1.96. The standard InChI is InChI=1S/C17H11BrN2O4/c18-11-6-7-13(12(8-11)16(21)22)19-9-14-17(23)24-15(20-14)10-4-2-1-3-5-10/h1-9,23H,(H,21,22). The molecule has 120 valence electrons. The van der Waals surface area contributed by atoms with E-state index in [2.05, 4.69) is 25.9 Å². The van der Waals surface area contributed by atoms with Crippen LogP contribution in [0.2, 0.25) is 0 Å². The fourth-order valence-corrected chi connectivity index (χ4v) is 2.40. The van der Waals surface area contributed by atoms with E-state index >= 15 is 0 Å². The Morgan fingerprint density at radius 1 is 1.21 bits per heavy atom. The van der Waals surface area contributed by atoms with Crippen molar-refractivity contribution in [2.75, 3.05) is 0 Å². The van der Waals surface area contributed by atoms with Crippen LogP contribution in [0.4, 0.5) is 5.69 Å². The van der Waals surface area contributed by atoms with Gasteiger partial charge in [-0.1, -0.05) is 34.1 Å². The predicted molar refractivity (Wildman–Crippen MR) is 92.0 cm³/mol. The van der Waals surface area contributed by atoms with Crippen LogP contribution in [0.5, 0.6) is 5.95 Å². The van der Waals surface area contributed by atoms with E-state index in [0.29, 0.717) is 10.0 Å². The van der Waals surface area contributed by atoms with Gasteiger partial charge in [0.15, 0.2) is 5.69 Å². The van der Waals surface area contributed by atoms with Crippen LogP contribution in [0, 0.1) is 0 Å². The monoisotopic (exact) mass is 386 g/mol. The summed E-state index contributed by atoms with van der Waals surface area (Å²) in [6.45, 7) is 0. The van der Waals surface area contributed by atoms with Gasteiger partial charge in [-0.05, 0) is 30.3 Å². The van der Waals surface area contributed by atoms with Crippen molar-refractivity contribution in [3.8, 4) is 17.4 Å². The van der Waals surface area contributed by atoms with Gasteiger partial charge < -0.3 is 14.6 Å². The van der Waals surface area contributed by atoms with E-state index in [4.69, 9.17) is 4.42 Å². The van der Waals surface area contributed by atoms with Crippen LogP contribution in [0.3, 0.4) is 0 Å². The molecule has 24 heavy (non-hydrogen) atoms. The summed E-state index contributed by atoms with van der Waals surface area (Å²) in [4.78, 5) is 19.5. The minimum atomic E-state index is -1.10. The first-order valence-electron chi connectivity index (χ1n) is 6.86. The summed E-state index contributed by atoms with van der Waals surface area (Å²) in [5.41, 5.74) is 1.11. The number of aromatic carboxylic acids is 1. The van der Waals surface area contributed by atoms with Crippen molar-refractivity contribution in [1.29, 1.82) is 0 Å². The first kappa shape index (κ1) is 15.9. The average molecular weight is 387 g/mol. The Morgan fingerprint density at radius 3 is 2.67 bits per heavy atom. The minimum Gasteiger partial charge on any atom is -0.479 e. The number of rotatable bonds is 4. The van der Waals surface area contributed by atoms with Crippen molar-refractivity contribution in [1.82, 2.24) is 4.98 Å². The van der Waals surface area contributed by atoms with E-state index in [1.54, 1.807) is 24.3 Å². The van der Waals surface area contributed by atoms with Crippen LogP contribution in [0.25, 0.3) is 11.5 Å². The molecule has 3 aromatic rings. The van der Waals surface area contributed by atoms with Gasteiger partial charge in [0.1, 0.15) is 0 Å². The molecule has 0 aliphatic carbocycles. The largest absolute Gasteiger partial charge is 0.479 e. The highest BCUT2D eigenvalue weighted by atomic mass is 79.9. The first-order chi connectivity index (χ1) is 11.5. The second-order valence-corrected chi connectivity index (χ2v) is 5.72. The van der Waals surface area contributed by atoms with Crippen LogP contribution in [0.15, 0.2) is 62.4 Å². The third kappa shape index (κ3) is 3.36. The van der Waals surface area contributed by atoms with E-state index in [1.165, 1.54) is 12.3 Å². The van der Waals surface area contributed by atoms with Crippen LogP contribution in [0.1, 0.15) is 16.1 Å². The molecule has 0 aliphatic rings. The smallest absolute Gasteiger partial charge is 0.337 e. The van der Waals surface area contributed by atoms with Crippen LogP contribution in [-0.4, -0.2) is 27.4 Å². The second kappa shape index (κ2) is 6.67. The lowest BCUT2D eigenvalue weighted by Gasteiger charge is -2.00. The topological polar surface area (TPSA) is 95.9 Å².